The second-order valence-electron chi connectivity index (χ2n) is 8.72. The van der Waals surface area contributed by atoms with E-state index < -0.39 is 15.6 Å². The number of hydrogen-bond acceptors (Lipinski definition) is 5. The Labute approximate surface area is 206 Å². The molecule has 0 aromatic heterocycles. The summed E-state index contributed by atoms with van der Waals surface area (Å²) in [6.07, 6.45) is 2.52. The maximum absolute atomic E-state index is 13.3. The predicted octanol–water partition coefficient (Wildman–Crippen LogP) is 3.46. The van der Waals surface area contributed by atoms with Crippen molar-refractivity contribution in [3.05, 3.63) is 83.9 Å². The zero-order valence-corrected chi connectivity index (χ0v) is 20.5. The molecule has 3 N–H and O–H groups in total. The molecule has 3 aromatic carbocycles. The van der Waals surface area contributed by atoms with E-state index in [9.17, 15) is 13.2 Å². The highest BCUT2D eigenvalue weighted by atomic mass is 32.2. The van der Waals surface area contributed by atoms with Crippen LogP contribution in [0.25, 0.3) is 11.1 Å². The van der Waals surface area contributed by atoms with Gasteiger partial charge in [0.1, 0.15) is 5.75 Å². The van der Waals surface area contributed by atoms with Gasteiger partial charge in [0.2, 0.25) is 10.0 Å². The molecule has 0 saturated carbocycles. The fourth-order valence-corrected chi connectivity index (χ4v) is 5.00. The molecular weight excluding hydrogens is 464 g/mol. The topological polar surface area (TPSA) is 108 Å². The van der Waals surface area contributed by atoms with Crippen LogP contribution in [0.2, 0.25) is 0 Å². The third-order valence-electron chi connectivity index (χ3n) is 6.30. The predicted molar refractivity (Wildman–Crippen MR) is 135 cm³/mol. The summed E-state index contributed by atoms with van der Waals surface area (Å²) in [7, 11) is -2.07. The summed E-state index contributed by atoms with van der Waals surface area (Å²) in [5.41, 5.74) is 3.04. The van der Waals surface area contributed by atoms with Gasteiger partial charge in [0.05, 0.1) is 12.0 Å². The molecule has 0 unspecified atom stereocenters. The molecular formula is C27H30N2O5S. The summed E-state index contributed by atoms with van der Waals surface area (Å²) in [6.45, 7) is 0.967. The first-order valence-corrected chi connectivity index (χ1v) is 13.1. The molecule has 1 heterocycles. The molecule has 3 aromatic rings. The Morgan fingerprint density at radius 1 is 1.06 bits per heavy atom. The Kier molecular flexibility index (Phi) is 7.54. The lowest BCUT2D eigenvalue weighted by Gasteiger charge is -2.27. The Hall–Kier alpha value is -3.20. The van der Waals surface area contributed by atoms with E-state index in [2.05, 4.69) is 11.4 Å². The van der Waals surface area contributed by atoms with Crippen LogP contribution in [0.3, 0.4) is 0 Å². The highest BCUT2D eigenvalue weighted by Crippen LogP contribution is 2.33. The van der Waals surface area contributed by atoms with Crippen molar-refractivity contribution in [2.75, 3.05) is 20.3 Å². The van der Waals surface area contributed by atoms with Crippen molar-refractivity contribution in [3.8, 4) is 16.9 Å². The van der Waals surface area contributed by atoms with Crippen molar-refractivity contribution in [2.45, 2.75) is 36.2 Å². The number of primary sulfonamides is 1. The van der Waals surface area contributed by atoms with Gasteiger partial charge in [0.25, 0.3) is 5.91 Å². The van der Waals surface area contributed by atoms with Crippen LogP contribution in [0.5, 0.6) is 5.75 Å². The number of hydrogen-bond donors (Lipinski definition) is 2. The summed E-state index contributed by atoms with van der Waals surface area (Å²) >= 11 is 0. The van der Waals surface area contributed by atoms with E-state index in [0.717, 1.165) is 34.4 Å². The van der Waals surface area contributed by atoms with E-state index in [1.54, 1.807) is 19.2 Å². The largest absolute Gasteiger partial charge is 0.496 e. The molecule has 0 spiro atoms. The average molecular weight is 495 g/mol. The van der Waals surface area contributed by atoms with Crippen LogP contribution in [0, 0.1) is 0 Å². The third kappa shape index (κ3) is 5.90. The zero-order chi connectivity index (χ0) is 24.9. The van der Waals surface area contributed by atoms with Gasteiger partial charge in [-0.15, -0.1) is 0 Å². The van der Waals surface area contributed by atoms with Crippen molar-refractivity contribution >= 4 is 15.9 Å². The summed E-state index contributed by atoms with van der Waals surface area (Å²) in [4.78, 5) is 13.3. The van der Waals surface area contributed by atoms with Crippen LogP contribution >= 0.6 is 0 Å². The van der Waals surface area contributed by atoms with Crippen LogP contribution in [0.15, 0.2) is 77.7 Å². The Morgan fingerprint density at radius 3 is 2.51 bits per heavy atom. The Balaban J connectivity index is 1.44. The van der Waals surface area contributed by atoms with E-state index >= 15 is 0 Å². The van der Waals surface area contributed by atoms with Crippen molar-refractivity contribution in [1.29, 1.82) is 0 Å². The smallest absolute Gasteiger partial charge is 0.252 e. The maximum atomic E-state index is 13.3. The normalized spacial score (nSPS) is 17.8. The molecule has 8 heteroatoms. The summed E-state index contributed by atoms with van der Waals surface area (Å²) in [6, 6.07) is 22.3. The molecule has 1 saturated heterocycles. The SMILES string of the molecule is COc1ccccc1-c1cccc(C[C@@]2(C(=O)NCCc3ccc(S(N)(=O)=O)cc3)CCCO2)c1. The molecule has 184 valence electrons. The van der Waals surface area contributed by atoms with Gasteiger partial charge in [0, 0.05) is 25.1 Å². The molecule has 1 aliphatic heterocycles. The van der Waals surface area contributed by atoms with E-state index in [1.807, 2.05) is 42.5 Å². The highest BCUT2D eigenvalue weighted by Gasteiger charge is 2.42. The molecule has 35 heavy (non-hydrogen) atoms. The molecule has 0 bridgehead atoms. The second-order valence-corrected chi connectivity index (χ2v) is 10.3. The number of benzene rings is 3. The Morgan fingerprint density at radius 2 is 1.83 bits per heavy atom. The van der Waals surface area contributed by atoms with Gasteiger partial charge in [-0.1, -0.05) is 54.6 Å². The molecule has 4 rings (SSSR count). The number of nitrogens with one attached hydrogen (secondary N) is 1. The van der Waals surface area contributed by atoms with Gasteiger partial charge >= 0.3 is 0 Å². The van der Waals surface area contributed by atoms with Crippen molar-refractivity contribution in [1.82, 2.24) is 5.32 Å². The Bertz CT molecular complexity index is 1280. The summed E-state index contributed by atoms with van der Waals surface area (Å²) < 4.78 is 34.4. The molecule has 1 amide bonds. The molecule has 1 aliphatic rings. The number of carbonyl (C=O) groups is 1. The van der Waals surface area contributed by atoms with Crippen LogP contribution < -0.4 is 15.2 Å². The first-order valence-electron chi connectivity index (χ1n) is 11.6. The minimum absolute atomic E-state index is 0.0685. The number of methoxy groups -OCH3 is 1. The van der Waals surface area contributed by atoms with Gasteiger partial charge in [-0.2, -0.15) is 0 Å². The van der Waals surface area contributed by atoms with Crippen LogP contribution in [-0.2, 0) is 32.4 Å². The summed E-state index contributed by atoms with van der Waals surface area (Å²) in [5, 5.41) is 8.16. The number of amides is 1. The fraction of sp³-hybridized carbons (Fsp3) is 0.296. The van der Waals surface area contributed by atoms with Gasteiger partial charge < -0.3 is 14.8 Å². The van der Waals surface area contributed by atoms with Gasteiger partial charge in [-0.3, -0.25) is 4.79 Å². The zero-order valence-electron chi connectivity index (χ0n) is 19.7. The monoisotopic (exact) mass is 494 g/mol. The lowest BCUT2D eigenvalue weighted by atomic mass is 9.89. The average Bonchev–Trinajstić information content (AvgIpc) is 3.33. The van der Waals surface area contributed by atoms with Crippen molar-refractivity contribution in [2.24, 2.45) is 5.14 Å². The molecule has 7 nitrogen and oxygen atoms in total. The van der Waals surface area contributed by atoms with E-state index in [0.29, 0.717) is 32.4 Å². The lowest BCUT2D eigenvalue weighted by molar-refractivity contribution is -0.141. The van der Waals surface area contributed by atoms with Crippen LogP contribution in [0.1, 0.15) is 24.0 Å². The van der Waals surface area contributed by atoms with E-state index in [-0.39, 0.29) is 10.8 Å². The standard InChI is InChI=1S/C27H30N2O5S/c1-33-25-9-3-2-8-24(25)22-7-4-6-21(18-22)19-27(15-5-17-34-27)26(30)29-16-14-20-10-12-23(13-11-20)35(28,31)32/h2-4,6-13,18H,5,14-17,19H2,1H3,(H,29,30)(H2,28,31,32)/t27-/m1/s1. The number of para-hydroxylation sites is 1. The number of rotatable bonds is 9. The van der Waals surface area contributed by atoms with Gasteiger partial charge in [-0.25, -0.2) is 13.6 Å². The molecule has 1 fully saturated rings. The lowest BCUT2D eigenvalue weighted by Crippen LogP contribution is -2.48. The number of ether oxygens (including phenoxy) is 2. The first kappa shape index (κ1) is 24.9. The van der Waals surface area contributed by atoms with Crippen LogP contribution in [-0.4, -0.2) is 40.2 Å². The fourth-order valence-electron chi connectivity index (χ4n) is 4.49. The number of nitrogens with two attached hydrogens (primary N) is 1. The van der Waals surface area contributed by atoms with Gasteiger partial charge in [-0.05, 0) is 54.2 Å². The number of carbonyl (C=O) groups excluding carboxylic acids is 1. The third-order valence-corrected chi connectivity index (χ3v) is 7.23. The first-order chi connectivity index (χ1) is 16.8. The van der Waals surface area contributed by atoms with Gasteiger partial charge in [0.15, 0.2) is 5.60 Å². The number of sulfonamides is 1. The molecule has 1 atom stereocenters. The minimum atomic E-state index is -3.72. The van der Waals surface area contributed by atoms with E-state index in [4.69, 9.17) is 14.6 Å². The maximum Gasteiger partial charge on any atom is 0.252 e. The van der Waals surface area contributed by atoms with E-state index in [1.165, 1.54) is 12.1 Å². The highest BCUT2D eigenvalue weighted by molar-refractivity contribution is 7.89. The molecule has 0 radical (unpaired) electrons. The van der Waals surface area contributed by atoms with Crippen molar-refractivity contribution < 1.29 is 22.7 Å². The van der Waals surface area contributed by atoms with Crippen LogP contribution in [0.4, 0.5) is 0 Å². The summed E-state index contributed by atoms with van der Waals surface area (Å²) in [5.74, 6) is 0.671. The molecule has 0 aliphatic carbocycles. The minimum Gasteiger partial charge on any atom is -0.496 e. The quantitative estimate of drug-likeness (QED) is 0.474. The second kappa shape index (κ2) is 10.6. The van der Waals surface area contributed by atoms with Crippen molar-refractivity contribution in [3.63, 3.8) is 0 Å².